The molecule has 1 amide bonds. The highest BCUT2D eigenvalue weighted by atomic mass is 19.1. The number of rotatable bonds is 5. The molecule has 0 saturated heterocycles. The summed E-state index contributed by atoms with van der Waals surface area (Å²) in [5.74, 6) is 1.86. The average molecular weight is 443 g/mol. The van der Waals surface area contributed by atoms with Crippen LogP contribution in [0.15, 0.2) is 72.8 Å². The molecule has 5 rings (SSSR count). The molecule has 0 atom stereocenters. The minimum atomic E-state index is -0.431. The SMILES string of the molecule is CNC(=O)n1nnnc1Cc1nc2ccccc2n1-c1ccc(Oc2ccc(F)cc2)cc1. The van der Waals surface area contributed by atoms with E-state index < -0.39 is 6.03 Å². The highest BCUT2D eigenvalue weighted by Crippen LogP contribution is 2.26. The molecule has 9 nitrogen and oxygen atoms in total. The third-order valence-electron chi connectivity index (χ3n) is 5.03. The van der Waals surface area contributed by atoms with E-state index in [-0.39, 0.29) is 12.2 Å². The summed E-state index contributed by atoms with van der Waals surface area (Å²) in [6, 6.07) is 20.6. The van der Waals surface area contributed by atoms with Crippen LogP contribution in [0.1, 0.15) is 11.6 Å². The molecule has 2 aromatic heterocycles. The van der Waals surface area contributed by atoms with E-state index in [0.29, 0.717) is 23.1 Å². The molecule has 2 heterocycles. The van der Waals surface area contributed by atoms with Crippen LogP contribution in [0, 0.1) is 5.82 Å². The molecule has 33 heavy (non-hydrogen) atoms. The number of benzene rings is 3. The minimum Gasteiger partial charge on any atom is -0.457 e. The minimum absolute atomic E-state index is 0.239. The van der Waals surface area contributed by atoms with E-state index in [1.165, 1.54) is 19.2 Å². The quantitative estimate of drug-likeness (QED) is 0.416. The number of carbonyl (C=O) groups excluding carboxylic acids is 1. The lowest BCUT2D eigenvalue weighted by atomic mass is 10.2. The second-order valence-electron chi connectivity index (χ2n) is 7.14. The highest BCUT2D eigenvalue weighted by Gasteiger charge is 2.18. The second kappa shape index (κ2) is 8.50. The number of fused-ring (bicyclic) bond motifs is 1. The first-order valence-electron chi connectivity index (χ1n) is 10.1. The van der Waals surface area contributed by atoms with Crippen LogP contribution in [0.2, 0.25) is 0 Å². The third-order valence-corrected chi connectivity index (χ3v) is 5.03. The molecule has 164 valence electrons. The lowest BCUT2D eigenvalue weighted by Gasteiger charge is -2.11. The largest absolute Gasteiger partial charge is 0.457 e. The van der Waals surface area contributed by atoms with Crippen molar-refractivity contribution in [1.82, 2.24) is 35.1 Å². The molecular weight excluding hydrogens is 425 g/mol. The van der Waals surface area contributed by atoms with Gasteiger partial charge < -0.3 is 10.1 Å². The number of hydrogen-bond acceptors (Lipinski definition) is 6. The molecule has 0 spiro atoms. The van der Waals surface area contributed by atoms with Crippen molar-refractivity contribution < 1.29 is 13.9 Å². The number of imidazole rings is 1. The zero-order valence-electron chi connectivity index (χ0n) is 17.5. The summed E-state index contributed by atoms with van der Waals surface area (Å²) in [7, 11) is 1.51. The molecular formula is C23H18FN7O2. The van der Waals surface area contributed by atoms with E-state index in [2.05, 4.69) is 20.8 Å². The van der Waals surface area contributed by atoms with Crippen molar-refractivity contribution in [3.05, 3.63) is 90.3 Å². The molecule has 1 N–H and O–H groups in total. The van der Waals surface area contributed by atoms with Crippen LogP contribution < -0.4 is 10.1 Å². The molecule has 0 aliphatic rings. The third kappa shape index (κ3) is 4.01. The van der Waals surface area contributed by atoms with Crippen LogP contribution in [0.4, 0.5) is 9.18 Å². The van der Waals surface area contributed by atoms with Crippen molar-refractivity contribution in [2.24, 2.45) is 0 Å². The zero-order valence-corrected chi connectivity index (χ0v) is 17.5. The Morgan fingerprint density at radius 2 is 1.67 bits per heavy atom. The van der Waals surface area contributed by atoms with Crippen molar-refractivity contribution >= 4 is 17.1 Å². The van der Waals surface area contributed by atoms with E-state index in [1.807, 2.05) is 53.1 Å². The van der Waals surface area contributed by atoms with E-state index in [1.54, 1.807) is 12.1 Å². The van der Waals surface area contributed by atoms with Gasteiger partial charge in [-0.1, -0.05) is 12.1 Å². The van der Waals surface area contributed by atoms with Gasteiger partial charge in [0.1, 0.15) is 23.1 Å². The van der Waals surface area contributed by atoms with Gasteiger partial charge in [-0.3, -0.25) is 4.57 Å². The van der Waals surface area contributed by atoms with Crippen molar-refractivity contribution in [1.29, 1.82) is 0 Å². The first-order chi connectivity index (χ1) is 16.1. The maximum Gasteiger partial charge on any atom is 0.345 e. The van der Waals surface area contributed by atoms with Crippen LogP contribution in [0.3, 0.4) is 0 Å². The fourth-order valence-corrected chi connectivity index (χ4v) is 3.51. The predicted molar refractivity (Wildman–Crippen MR) is 118 cm³/mol. The summed E-state index contributed by atoms with van der Waals surface area (Å²) in [4.78, 5) is 16.8. The highest BCUT2D eigenvalue weighted by molar-refractivity contribution is 5.78. The Balaban J connectivity index is 1.50. The van der Waals surface area contributed by atoms with Crippen LogP contribution in [0.5, 0.6) is 11.5 Å². The van der Waals surface area contributed by atoms with Crippen molar-refractivity contribution in [2.75, 3.05) is 7.05 Å². The van der Waals surface area contributed by atoms with E-state index in [4.69, 9.17) is 9.72 Å². The normalized spacial score (nSPS) is 11.0. The van der Waals surface area contributed by atoms with Crippen LogP contribution >= 0.6 is 0 Å². The molecule has 5 aromatic rings. The van der Waals surface area contributed by atoms with Gasteiger partial charge in [0.15, 0.2) is 5.82 Å². The van der Waals surface area contributed by atoms with Crippen molar-refractivity contribution in [3.63, 3.8) is 0 Å². The Hall–Kier alpha value is -4.60. The van der Waals surface area contributed by atoms with Gasteiger partial charge in [-0.25, -0.2) is 14.2 Å². The Morgan fingerprint density at radius 3 is 2.39 bits per heavy atom. The van der Waals surface area contributed by atoms with Gasteiger partial charge in [0.2, 0.25) is 0 Å². The Labute approximate surface area is 187 Å². The summed E-state index contributed by atoms with van der Waals surface area (Å²) in [6.07, 6.45) is 0.239. The lowest BCUT2D eigenvalue weighted by molar-refractivity contribution is 0.240. The maximum atomic E-state index is 13.1. The van der Waals surface area contributed by atoms with Crippen LogP contribution in [-0.2, 0) is 6.42 Å². The smallest absolute Gasteiger partial charge is 0.345 e. The number of amides is 1. The number of carbonyl (C=O) groups is 1. The summed E-state index contributed by atoms with van der Waals surface area (Å²) >= 11 is 0. The van der Waals surface area contributed by atoms with E-state index in [9.17, 15) is 9.18 Å². The lowest BCUT2D eigenvalue weighted by Crippen LogP contribution is -2.27. The fourth-order valence-electron chi connectivity index (χ4n) is 3.51. The number of aromatic nitrogens is 6. The summed E-state index contributed by atoms with van der Waals surface area (Å²) < 4.78 is 22.0. The number of ether oxygens (including phenoxy) is 1. The number of nitrogens with zero attached hydrogens (tertiary/aromatic N) is 6. The van der Waals surface area contributed by atoms with Gasteiger partial charge >= 0.3 is 6.03 Å². The number of nitrogens with one attached hydrogen (secondary N) is 1. The zero-order chi connectivity index (χ0) is 22.8. The van der Waals surface area contributed by atoms with Crippen LogP contribution in [0.25, 0.3) is 16.7 Å². The topological polar surface area (TPSA) is 99.8 Å². The van der Waals surface area contributed by atoms with E-state index in [0.717, 1.165) is 21.4 Å². The van der Waals surface area contributed by atoms with Gasteiger partial charge in [0, 0.05) is 12.7 Å². The number of hydrogen-bond donors (Lipinski definition) is 1. The number of halogens is 1. The van der Waals surface area contributed by atoms with Gasteiger partial charge in [-0.05, 0) is 71.1 Å². The molecule has 10 heteroatoms. The number of para-hydroxylation sites is 2. The van der Waals surface area contributed by atoms with Gasteiger partial charge in [-0.15, -0.1) is 9.78 Å². The van der Waals surface area contributed by atoms with Crippen molar-refractivity contribution in [2.45, 2.75) is 6.42 Å². The molecule has 0 aliphatic carbocycles. The monoisotopic (exact) mass is 443 g/mol. The van der Waals surface area contributed by atoms with E-state index >= 15 is 0 Å². The summed E-state index contributed by atoms with van der Waals surface area (Å²) in [5, 5.41) is 13.9. The standard InChI is InChI=1S/C23H18FN7O2/c1-25-23(32)31-22(27-28-29-31)14-21-26-19-4-2-3-5-20(19)30(21)16-8-12-18(13-9-16)33-17-10-6-15(24)7-11-17/h2-13H,14H2,1H3,(H,25,32). The first-order valence-corrected chi connectivity index (χ1v) is 10.1. The summed E-state index contributed by atoms with van der Waals surface area (Å²) in [5.41, 5.74) is 2.56. The predicted octanol–water partition coefficient (Wildman–Crippen LogP) is 3.72. The number of tetrazole rings is 1. The molecule has 3 aromatic carbocycles. The molecule has 0 aliphatic heterocycles. The second-order valence-corrected chi connectivity index (χ2v) is 7.14. The fraction of sp³-hybridized carbons (Fsp3) is 0.0870. The maximum absolute atomic E-state index is 13.1. The molecule has 0 bridgehead atoms. The Bertz CT molecular complexity index is 1430. The molecule has 0 saturated carbocycles. The summed E-state index contributed by atoms with van der Waals surface area (Å²) in [6.45, 7) is 0. The van der Waals surface area contributed by atoms with Gasteiger partial charge in [-0.2, -0.15) is 0 Å². The van der Waals surface area contributed by atoms with Gasteiger partial charge in [0.05, 0.1) is 17.5 Å². The average Bonchev–Trinajstić information content (AvgIpc) is 3.45. The molecule has 0 unspecified atom stereocenters. The molecule has 0 fully saturated rings. The van der Waals surface area contributed by atoms with Crippen LogP contribution in [-0.4, -0.2) is 42.8 Å². The Kier molecular flexibility index (Phi) is 5.23. The Morgan fingerprint density at radius 1 is 0.970 bits per heavy atom. The van der Waals surface area contributed by atoms with Gasteiger partial charge in [0.25, 0.3) is 0 Å². The van der Waals surface area contributed by atoms with Crippen molar-refractivity contribution in [3.8, 4) is 17.2 Å². The molecule has 0 radical (unpaired) electrons. The first kappa shape index (κ1) is 20.3.